The van der Waals surface area contributed by atoms with Crippen LogP contribution in [0.4, 0.5) is 13.2 Å². The highest BCUT2D eigenvalue weighted by Gasteiger charge is 2.33. The maximum Gasteiger partial charge on any atom is 0.416 e. The van der Waals surface area contributed by atoms with Crippen molar-refractivity contribution in [1.82, 2.24) is 5.32 Å². The second-order valence-electron chi connectivity index (χ2n) is 7.10. The second kappa shape index (κ2) is 7.25. The minimum atomic E-state index is -4.50. The molecule has 2 aromatic rings. The Morgan fingerprint density at radius 1 is 1.19 bits per heavy atom. The highest BCUT2D eigenvalue weighted by atomic mass is 32.2. The SMILES string of the molecule is CC(C)(C)C(NC(=O)c1csc(S(N)(=O)=O)c1)c1cccc(C(F)(F)F)c1. The molecule has 1 heterocycles. The molecular formula is C17H19F3N2O3S2. The smallest absolute Gasteiger partial charge is 0.345 e. The van der Waals surface area contributed by atoms with Crippen LogP contribution in [-0.2, 0) is 16.2 Å². The lowest BCUT2D eigenvalue weighted by Crippen LogP contribution is -2.36. The molecule has 1 aromatic carbocycles. The number of halogens is 3. The van der Waals surface area contributed by atoms with Crippen molar-refractivity contribution >= 4 is 27.3 Å². The molecule has 148 valence electrons. The van der Waals surface area contributed by atoms with E-state index in [1.807, 2.05) is 0 Å². The van der Waals surface area contributed by atoms with E-state index < -0.39 is 39.1 Å². The molecule has 0 radical (unpaired) electrons. The van der Waals surface area contributed by atoms with Crippen LogP contribution in [0.5, 0.6) is 0 Å². The van der Waals surface area contributed by atoms with E-state index in [9.17, 15) is 26.4 Å². The van der Waals surface area contributed by atoms with Crippen molar-refractivity contribution in [2.75, 3.05) is 0 Å². The standard InChI is InChI=1S/C17H19F3N2O3S2/c1-16(2,3)14(10-5-4-6-12(7-10)17(18,19)20)22-15(23)11-8-13(26-9-11)27(21,24)25/h4-9,14H,1-3H3,(H,22,23)(H2,21,24,25). The topological polar surface area (TPSA) is 89.3 Å². The predicted molar refractivity (Wildman–Crippen MR) is 96.8 cm³/mol. The van der Waals surface area contributed by atoms with E-state index in [4.69, 9.17) is 5.14 Å². The van der Waals surface area contributed by atoms with E-state index in [1.165, 1.54) is 17.5 Å². The average Bonchev–Trinajstić information content (AvgIpc) is 3.00. The maximum absolute atomic E-state index is 13.0. The first-order valence-corrected chi connectivity index (χ1v) is 10.2. The molecule has 0 aliphatic rings. The molecule has 10 heteroatoms. The van der Waals surface area contributed by atoms with Crippen molar-refractivity contribution in [1.29, 1.82) is 0 Å². The van der Waals surface area contributed by atoms with Gasteiger partial charge in [0, 0.05) is 5.38 Å². The second-order valence-corrected chi connectivity index (χ2v) is 9.79. The zero-order chi connectivity index (χ0) is 20.6. The summed E-state index contributed by atoms with van der Waals surface area (Å²) in [6.45, 7) is 5.34. The number of nitrogens with one attached hydrogen (secondary N) is 1. The molecule has 2 rings (SSSR count). The zero-order valence-electron chi connectivity index (χ0n) is 14.8. The fourth-order valence-corrected chi connectivity index (χ4v) is 4.08. The normalized spacial score (nSPS) is 14.0. The Hall–Kier alpha value is -1.91. The summed E-state index contributed by atoms with van der Waals surface area (Å²) in [6, 6.07) is 5.16. The van der Waals surface area contributed by atoms with Crippen molar-refractivity contribution in [2.45, 2.75) is 37.2 Å². The third kappa shape index (κ3) is 5.30. The van der Waals surface area contributed by atoms with Gasteiger partial charge in [0.2, 0.25) is 10.0 Å². The molecular weight excluding hydrogens is 401 g/mol. The molecule has 1 unspecified atom stereocenters. The van der Waals surface area contributed by atoms with Gasteiger partial charge in [-0.25, -0.2) is 13.6 Å². The van der Waals surface area contributed by atoms with Gasteiger partial charge in [0.15, 0.2) is 0 Å². The van der Waals surface area contributed by atoms with Crippen LogP contribution < -0.4 is 10.5 Å². The van der Waals surface area contributed by atoms with Gasteiger partial charge in [-0.15, -0.1) is 11.3 Å². The van der Waals surface area contributed by atoms with Gasteiger partial charge in [-0.3, -0.25) is 4.79 Å². The predicted octanol–water partition coefficient (Wildman–Crippen LogP) is 3.93. The van der Waals surface area contributed by atoms with Gasteiger partial charge < -0.3 is 5.32 Å². The average molecular weight is 420 g/mol. The van der Waals surface area contributed by atoms with E-state index in [0.29, 0.717) is 5.56 Å². The van der Waals surface area contributed by atoms with Crippen molar-refractivity contribution in [2.24, 2.45) is 10.6 Å². The quantitative estimate of drug-likeness (QED) is 0.785. The Morgan fingerprint density at radius 3 is 2.30 bits per heavy atom. The molecule has 1 amide bonds. The highest BCUT2D eigenvalue weighted by molar-refractivity contribution is 7.91. The monoisotopic (exact) mass is 420 g/mol. The van der Waals surface area contributed by atoms with Crippen LogP contribution in [0, 0.1) is 5.41 Å². The molecule has 0 fully saturated rings. The van der Waals surface area contributed by atoms with Crippen LogP contribution in [0.3, 0.4) is 0 Å². The number of thiophene rings is 1. The number of nitrogens with two attached hydrogens (primary N) is 1. The third-order valence-corrected chi connectivity index (χ3v) is 6.19. The van der Waals surface area contributed by atoms with Crippen molar-refractivity contribution in [3.05, 3.63) is 52.4 Å². The van der Waals surface area contributed by atoms with Crippen molar-refractivity contribution in [3.63, 3.8) is 0 Å². The van der Waals surface area contributed by atoms with Gasteiger partial charge >= 0.3 is 6.18 Å². The summed E-state index contributed by atoms with van der Waals surface area (Å²) >= 11 is 0.798. The lowest BCUT2D eigenvalue weighted by Gasteiger charge is -2.32. The van der Waals surface area contributed by atoms with Crippen LogP contribution in [-0.4, -0.2) is 14.3 Å². The summed E-state index contributed by atoms with van der Waals surface area (Å²) in [7, 11) is -3.93. The minimum absolute atomic E-state index is 0.0743. The summed E-state index contributed by atoms with van der Waals surface area (Å²) in [5.74, 6) is -0.599. The van der Waals surface area contributed by atoms with E-state index in [2.05, 4.69) is 5.32 Å². The number of hydrogen-bond acceptors (Lipinski definition) is 4. The summed E-state index contributed by atoms with van der Waals surface area (Å²) in [6.07, 6.45) is -4.50. The molecule has 0 aliphatic heterocycles. The summed E-state index contributed by atoms with van der Waals surface area (Å²) in [5.41, 5.74) is -1.04. The van der Waals surface area contributed by atoms with Gasteiger partial charge in [-0.2, -0.15) is 13.2 Å². The number of carbonyl (C=O) groups is 1. The number of carbonyl (C=O) groups excluding carboxylic acids is 1. The van der Waals surface area contributed by atoms with Crippen molar-refractivity contribution in [3.8, 4) is 0 Å². The molecule has 0 saturated heterocycles. The number of benzene rings is 1. The number of hydrogen-bond donors (Lipinski definition) is 2. The highest BCUT2D eigenvalue weighted by Crippen LogP contribution is 2.36. The van der Waals surface area contributed by atoms with Crippen LogP contribution in [0.2, 0.25) is 0 Å². The fourth-order valence-electron chi connectivity index (χ4n) is 2.49. The van der Waals surface area contributed by atoms with E-state index in [1.54, 1.807) is 20.8 Å². The zero-order valence-corrected chi connectivity index (χ0v) is 16.4. The Labute approximate surface area is 159 Å². The van der Waals surface area contributed by atoms with Gasteiger partial charge in [0.1, 0.15) is 4.21 Å². The summed E-state index contributed by atoms with van der Waals surface area (Å²) < 4.78 is 61.6. The van der Waals surface area contributed by atoms with Gasteiger partial charge in [0.05, 0.1) is 17.2 Å². The summed E-state index contributed by atoms with van der Waals surface area (Å²) in [4.78, 5) is 12.5. The molecule has 0 spiro atoms. The molecule has 0 saturated carbocycles. The Kier molecular flexibility index (Phi) is 5.74. The van der Waals surface area contributed by atoms with Gasteiger partial charge in [-0.1, -0.05) is 32.9 Å². The molecule has 27 heavy (non-hydrogen) atoms. The number of primary sulfonamides is 1. The largest absolute Gasteiger partial charge is 0.416 e. The first kappa shape index (κ1) is 21.4. The molecule has 0 bridgehead atoms. The van der Waals surface area contributed by atoms with Crippen molar-refractivity contribution < 1.29 is 26.4 Å². The van der Waals surface area contributed by atoms with E-state index in [0.717, 1.165) is 29.5 Å². The molecule has 0 aliphatic carbocycles. The maximum atomic E-state index is 13.0. The van der Waals surface area contributed by atoms with E-state index >= 15 is 0 Å². The molecule has 1 atom stereocenters. The van der Waals surface area contributed by atoms with Crippen LogP contribution in [0.15, 0.2) is 39.9 Å². The lowest BCUT2D eigenvalue weighted by atomic mass is 9.81. The molecule has 1 aromatic heterocycles. The fraction of sp³-hybridized carbons (Fsp3) is 0.353. The Balaban J connectivity index is 2.36. The number of amides is 1. The first-order valence-electron chi connectivity index (χ1n) is 7.79. The number of rotatable bonds is 4. The number of alkyl halides is 3. The summed E-state index contributed by atoms with van der Waals surface area (Å²) in [5, 5.41) is 9.07. The van der Waals surface area contributed by atoms with Crippen LogP contribution in [0.25, 0.3) is 0 Å². The Morgan fingerprint density at radius 2 is 1.81 bits per heavy atom. The Bertz CT molecular complexity index is 945. The van der Waals surface area contributed by atoms with Gasteiger partial charge in [-0.05, 0) is 29.2 Å². The van der Waals surface area contributed by atoms with E-state index in [-0.39, 0.29) is 9.77 Å². The van der Waals surface area contributed by atoms with Gasteiger partial charge in [0.25, 0.3) is 5.91 Å². The van der Waals surface area contributed by atoms with Crippen LogP contribution in [0.1, 0.15) is 48.3 Å². The first-order chi connectivity index (χ1) is 12.2. The number of sulfonamides is 1. The third-order valence-electron chi connectivity index (χ3n) is 3.81. The lowest BCUT2D eigenvalue weighted by molar-refractivity contribution is -0.137. The minimum Gasteiger partial charge on any atom is -0.345 e. The molecule has 5 nitrogen and oxygen atoms in total. The van der Waals surface area contributed by atoms with Crippen LogP contribution >= 0.6 is 11.3 Å². The molecule has 3 N–H and O–H groups in total.